The van der Waals surface area contributed by atoms with E-state index in [1.807, 2.05) is 24.5 Å². The van der Waals surface area contributed by atoms with Gasteiger partial charge in [-0.2, -0.15) is 5.10 Å². The Morgan fingerprint density at radius 3 is 3.05 bits per heavy atom. The number of aromatic amines is 1. The molecule has 2 N–H and O–H groups in total. The Morgan fingerprint density at radius 1 is 1.20 bits per heavy atom. The molecule has 0 fully saturated rings. The lowest BCUT2D eigenvalue weighted by Crippen LogP contribution is -2.17. The summed E-state index contributed by atoms with van der Waals surface area (Å²) in [6.45, 7) is 0.922. The average Bonchev–Trinajstić information content (AvgIpc) is 2.68. The number of aliphatic imine (C=N–C) groups is 1. The van der Waals surface area contributed by atoms with Crippen molar-refractivity contribution in [3.8, 4) is 0 Å². The molecule has 2 heterocycles. The van der Waals surface area contributed by atoms with Crippen molar-refractivity contribution in [3.63, 3.8) is 0 Å². The number of benzene rings is 1. The predicted octanol–water partition coefficient (Wildman–Crippen LogP) is 3.49. The zero-order valence-electron chi connectivity index (χ0n) is 11.3. The molecular formula is C15H19ClN4. The molecule has 0 spiro atoms. The third-order valence-corrected chi connectivity index (χ3v) is 3.39. The van der Waals surface area contributed by atoms with Gasteiger partial charge in [0.2, 0.25) is 0 Å². The number of nitrogens with one attached hydrogen (secondary N) is 2. The maximum Gasteiger partial charge on any atom is 0.117 e. The normalized spacial score (nSPS) is 15.7. The topological polar surface area (TPSA) is 52.5 Å². The number of hydrogen-bond donors (Lipinski definition) is 2. The molecule has 5 heteroatoms. The number of para-hydroxylation sites is 1. The molecule has 0 unspecified atom stereocenters. The molecule has 0 saturated heterocycles. The van der Waals surface area contributed by atoms with E-state index in [1.165, 1.54) is 24.6 Å². The predicted molar refractivity (Wildman–Crippen MR) is 87.0 cm³/mol. The zero-order valence-corrected chi connectivity index (χ0v) is 12.1. The SMILES string of the molecule is C(=NNC1=NCCCCC1)c1c[nH]c2ccccc12.Cl. The van der Waals surface area contributed by atoms with Crippen LogP contribution < -0.4 is 5.43 Å². The number of amidine groups is 1. The molecule has 1 aromatic carbocycles. The molecule has 2 aromatic rings. The molecule has 1 aromatic heterocycles. The summed E-state index contributed by atoms with van der Waals surface area (Å²) in [5, 5.41) is 5.49. The Bertz CT molecular complexity index is 615. The van der Waals surface area contributed by atoms with E-state index < -0.39 is 0 Å². The van der Waals surface area contributed by atoms with Gasteiger partial charge < -0.3 is 4.98 Å². The molecule has 0 amide bonds. The molecule has 4 nitrogen and oxygen atoms in total. The Balaban J connectivity index is 0.00000147. The Kier molecular flexibility index (Phi) is 5.18. The fourth-order valence-electron chi connectivity index (χ4n) is 2.34. The second-order valence-corrected chi connectivity index (χ2v) is 4.80. The number of hydrazone groups is 1. The van der Waals surface area contributed by atoms with Crippen LogP contribution in [0.3, 0.4) is 0 Å². The lowest BCUT2D eigenvalue weighted by atomic mass is 10.2. The number of nitrogens with zero attached hydrogens (tertiary/aromatic N) is 2. The van der Waals surface area contributed by atoms with Crippen LogP contribution in [-0.2, 0) is 0 Å². The minimum atomic E-state index is 0. The van der Waals surface area contributed by atoms with Crippen LogP contribution in [0.15, 0.2) is 40.6 Å². The highest BCUT2D eigenvalue weighted by Crippen LogP contribution is 2.15. The van der Waals surface area contributed by atoms with Crippen molar-refractivity contribution in [3.05, 3.63) is 36.0 Å². The second kappa shape index (κ2) is 7.10. The number of H-pyrrole nitrogens is 1. The molecule has 3 rings (SSSR count). The van der Waals surface area contributed by atoms with E-state index in [0.29, 0.717) is 0 Å². The zero-order chi connectivity index (χ0) is 12.9. The molecule has 1 aliphatic rings. The largest absolute Gasteiger partial charge is 0.361 e. The van der Waals surface area contributed by atoms with Gasteiger partial charge in [0, 0.05) is 35.6 Å². The third kappa shape index (κ3) is 3.39. The summed E-state index contributed by atoms with van der Waals surface area (Å²) >= 11 is 0. The molecule has 20 heavy (non-hydrogen) atoms. The van der Waals surface area contributed by atoms with E-state index in [9.17, 15) is 0 Å². The van der Waals surface area contributed by atoms with Crippen molar-refractivity contribution in [2.24, 2.45) is 10.1 Å². The third-order valence-electron chi connectivity index (χ3n) is 3.39. The van der Waals surface area contributed by atoms with Crippen LogP contribution in [0, 0.1) is 0 Å². The van der Waals surface area contributed by atoms with Gasteiger partial charge in [0.15, 0.2) is 0 Å². The number of hydrogen-bond acceptors (Lipinski definition) is 3. The van der Waals surface area contributed by atoms with E-state index in [0.717, 1.165) is 29.9 Å². The smallest absolute Gasteiger partial charge is 0.117 e. The van der Waals surface area contributed by atoms with Crippen molar-refractivity contribution in [1.29, 1.82) is 0 Å². The lowest BCUT2D eigenvalue weighted by molar-refractivity contribution is 0.729. The van der Waals surface area contributed by atoms with Gasteiger partial charge in [-0.05, 0) is 18.9 Å². The van der Waals surface area contributed by atoms with Crippen LogP contribution >= 0.6 is 12.4 Å². The quantitative estimate of drug-likeness (QED) is 0.646. The van der Waals surface area contributed by atoms with Crippen molar-refractivity contribution >= 4 is 35.4 Å². The Hall–Kier alpha value is -1.81. The van der Waals surface area contributed by atoms with E-state index in [1.54, 1.807) is 0 Å². The number of aromatic nitrogens is 1. The van der Waals surface area contributed by atoms with Crippen molar-refractivity contribution in [2.45, 2.75) is 25.7 Å². The van der Waals surface area contributed by atoms with Gasteiger partial charge in [-0.3, -0.25) is 10.4 Å². The summed E-state index contributed by atoms with van der Waals surface area (Å²) < 4.78 is 0. The van der Waals surface area contributed by atoms with Gasteiger partial charge >= 0.3 is 0 Å². The summed E-state index contributed by atoms with van der Waals surface area (Å²) in [5.41, 5.74) is 5.30. The van der Waals surface area contributed by atoms with Gasteiger partial charge in [-0.25, -0.2) is 0 Å². The number of rotatable bonds is 2. The molecule has 0 radical (unpaired) electrons. The lowest BCUT2D eigenvalue weighted by Gasteiger charge is -2.01. The summed E-state index contributed by atoms with van der Waals surface area (Å²) in [4.78, 5) is 7.73. The first-order valence-corrected chi connectivity index (χ1v) is 6.82. The average molecular weight is 291 g/mol. The van der Waals surface area contributed by atoms with Crippen LogP contribution in [0.4, 0.5) is 0 Å². The molecule has 0 aliphatic carbocycles. The summed E-state index contributed by atoms with van der Waals surface area (Å²) in [5.74, 6) is 1.01. The fraction of sp³-hybridized carbons (Fsp3) is 0.333. The van der Waals surface area contributed by atoms with Crippen LogP contribution in [-0.4, -0.2) is 23.6 Å². The van der Waals surface area contributed by atoms with Crippen molar-refractivity contribution < 1.29 is 0 Å². The van der Waals surface area contributed by atoms with E-state index in [2.05, 4.69) is 32.6 Å². The van der Waals surface area contributed by atoms with Gasteiger partial charge in [-0.1, -0.05) is 24.6 Å². The molecule has 0 bridgehead atoms. The molecule has 106 valence electrons. The van der Waals surface area contributed by atoms with Crippen LogP contribution in [0.5, 0.6) is 0 Å². The fourth-order valence-corrected chi connectivity index (χ4v) is 2.34. The minimum absolute atomic E-state index is 0. The van der Waals surface area contributed by atoms with Crippen LogP contribution in [0.2, 0.25) is 0 Å². The molecule has 0 atom stereocenters. The first kappa shape index (κ1) is 14.6. The van der Waals surface area contributed by atoms with E-state index in [4.69, 9.17) is 0 Å². The summed E-state index contributed by atoms with van der Waals surface area (Å²) in [6, 6.07) is 8.22. The molecular weight excluding hydrogens is 272 g/mol. The van der Waals surface area contributed by atoms with Gasteiger partial charge in [0.1, 0.15) is 5.84 Å². The van der Waals surface area contributed by atoms with Crippen molar-refractivity contribution in [1.82, 2.24) is 10.4 Å². The van der Waals surface area contributed by atoms with Crippen molar-refractivity contribution in [2.75, 3.05) is 6.54 Å². The molecule has 0 saturated carbocycles. The highest BCUT2D eigenvalue weighted by molar-refractivity contribution is 5.99. The molecule has 1 aliphatic heterocycles. The maximum atomic E-state index is 4.49. The summed E-state index contributed by atoms with van der Waals surface area (Å²) in [7, 11) is 0. The van der Waals surface area contributed by atoms with Gasteiger partial charge in [-0.15, -0.1) is 12.4 Å². The van der Waals surface area contributed by atoms with Crippen LogP contribution in [0.25, 0.3) is 10.9 Å². The maximum absolute atomic E-state index is 4.49. The first-order chi connectivity index (χ1) is 9.43. The standard InChI is InChI=1S/C15H18N4.ClH/c1-2-8-15(16-9-5-1)19-18-11-12-10-17-14-7-4-3-6-13(12)14;/h3-4,6-7,10-11,17H,1-2,5,8-9H2,(H,16,19);1H. The Morgan fingerprint density at radius 2 is 2.10 bits per heavy atom. The van der Waals surface area contributed by atoms with Gasteiger partial charge in [0.25, 0.3) is 0 Å². The van der Waals surface area contributed by atoms with Gasteiger partial charge in [0.05, 0.1) is 6.21 Å². The first-order valence-electron chi connectivity index (χ1n) is 6.82. The second-order valence-electron chi connectivity index (χ2n) is 4.80. The number of fused-ring (bicyclic) bond motifs is 1. The number of halogens is 1. The van der Waals surface area contributed by atoms with E-state index in [-0.39, 0.29) is 12.4 Å². The minimum Gasteiger partial charge on any atom is -0.361 e. The van der Waals surface area contributed by atoms with Crippen LogP contribution in [0.1, 0.15) is 31.2 Å². The Labute approximate surface area is 124 Å². The highest BCUT2D eigenvalue weighted by atomic mass is 35.5. The monoisotopic (exact) mass is 290 g/mol. The summed E-state index contributed by atoms with van der Waals surface area (Å²) in [6.07, 6.45) is 8.49. The highest BCUT2D eigenvalue weighted by Gasteiger charge is 2.03. The van der Waals surface area contributed by atoms with E-state index >= 15 is 0 Å².